The van der Waals surface area contributed by atoms with Crippen LogP contribution in [0.4, 0.5) is 0 Å². The first-order valence-electron chi connectivity index (χ1n) is 6.07. The lowest BCUT2D eigenvalue weighted by molar-refractivity contribution is -0.116. The van der Waals surface area contributed by atoms with Crippen molar-refractivity contribution >= 4 is 16.8 Å². The van der Waals surface area contributed by atoms with Gasteiger partial charge >= 0.3 is 0 Å². The maximum absolute atomic E-state index is 11.3. The fourth-order valence-electron chi connectivity index (χ4n) is 2.05. The Balaban J connectivity index is 2.18. The number of amides is 1. The van der Waals surface area contributed by atoms with E-state index in [1.807, 2.05) is 6.92 Å². The lowest BCUT2D eigenvalue weighted by Gasteiger charge is -2.04. The summed E-state index contributed by atoms with van der Waals surface area (Å²) < 4.78 is 2.16. The van der Waals surface area contributed by atoms with E-state index < -0.39 is 0 Å². The SMILES string of the molecule is CC=CC(=O)NCc1ccc2c(c1)cc(C)n2C. The third-order valence-electron chi connectivity index (χ3n) is 3.13. The summed E-state index contributed by atoms with van der Waals surface area (Å²) in [4.78, 5) is 11.3. The zero-order valence-electron chi connectivity index (χ0n) is 11.0. The fourth-order valence-corrected chi connectivity index (χ4v) is 2.05. The summed E-state index contributed by atoms with van der Waals surface area (Å²) in [6, 6.07) is 8.43. The van der Waals surface area contributed by atoms with E-state index in [-0.39, 0.29) is 5.91 Å². The number of rotatable bonds is 3. The molecule has 0 aliphatic rings. The molecule has 0 spiro atoms. The van der Waals surface area contributed by atoms with Gasteiger partial charge in [0.1, 0.15) is 0 Å². The second-order valence-electron chi connectivity index (χ2n) is 4.46. The Morgan fingerprint density at radius 2 is 2.17 bits per heavy atom. The van der Waals surface area contributed by atoms with Crippen LogP contribution in [0.5, 0.6) is 0 Å². The van der Waals surface area contributed by atoms with Crippen LogP contribution in [0.3, 0.4) is 0 Å². The normalized spacial score (nSPS) is 11.3. The second-order valence-corrected chi connectivity index (χ2v) is 4.46. The van der Waals surface area contributed by atoms with Gasteiger partial charge in [-0.3, -0.25) is 4.79 Å². The van der Waals surface area contributed by atoms with Crippen LogP contribution in [-0.2, 0) is 18.4 Å². The van der Waals surface area contributed by atoms with Crippen molar-refractivity contribution in [1.82, 2.24) is 9.88 Å². The highest BCUT2D eigenvalue weighted by molar-refractivity contribution is 5.87. The summed E-state index contributed by atoms with van der Waals surface area (Å²) in [5.74, 6) is -0.0539. The van der Waals surface area contributed by atoms with Crippen molar-refractivity contribution in [3.05, 3.63) is 47.7 Å². The van der Waals surface area contributed by atoms with E-state index in [0.717, 1.165) is 5.56 Å². The molecule has 0 aliphatic carbocycles. The molecule has 1 aromatic carbocycles. The van der Waals surface area contributed by atoms with Crippen LogP contribution in [0.2, 0.25) is 0 Å². The van der Waals surface area contributed by atoms with Gasteiger partial charge in [0, 0.05) is 30.2 Å². The monoisotopic (exact) mass is 242 g/mol. The maximum Gasteiger partial charge on any atom is 0.243 e. The van der Waals surface area contributed by atoms with Gasteiger partial charge in [-0.15, -0.1) is 0 Å². The summed E-state index contributed by atoms with van der Waals surface area (Å²) in [5, 5.41) is 4.07. The van der Waals surface area contributed by atoms with Gasteiger partial charge in [0.05, 0.1) is 0 Å². The summed E-state index contributed by atoms with van der Waals surface area (Å²) in [6.45, 7) is 4.49. The molecule has 0 radical (unpaired) electrons. The Bertz CT molecular complexity index is 608. The second kappa shape index (κ2) is 5.08. The number of nitrogens with zero attached hydrogens (tertiary/aromatic N) is 1. The lowest BCUT2D eigenvalue weighted by Crippen LogP contribution is -2.20. The summed E-state index contributed by atoms with van der Waals surface area (Å²) in [7, 11) is 2.06. The molecule has 3 heteroatoms. The van der Waals surface area contributed by atoms with Crippen molar-refractivity contribution in [2.75, 3.05) is 0 Å². The van der Waals surface area contributed by atoms with Crippen LogP contribution in [0.1, 0.15) is 18.2 Å². The van der Waals surface area contributed by atoms with E-state index in [0.29, 0.717) is 6.54 Å². The molecule has 1 N–H and O–H groups in total. The molecular formula is C15H18N2O. The molecule has 94 valence electrons. The number of nitrogens with one attached hydrogen (secondary N) is 1. The average molecular weight is 242 g/mol. The van der Waals surface area contributed by atoms with Gasteiger partial charge in [0.25, 0.3) is 0 Å². The molecule has 1 aromatic heterocycles. The smallest absolute Gasteiger partial charge is 0.243 e. The lowest BCUT2D eigenvalue weighted by atomic mass is 10.1. The maximum atomic E-state index is 11.3. The predicted octanol–water partition coefficient (Wildman–Crippen LogP) is 2.68. The first-order valence-corrected chi connectivity index (χ1v) is 6.07. The van der Waals surface area contributed by atoms with Gasteiger partial charge in [-0.25, -0.2) is 0 Å². The first kappa shape index (κ1) is 12.4. The summed E-state index contributed by atoms with van der Waals surface area (Å²) in [5.41, 5.74) is 3.57. The molecule has 1 heterocycles. The number of aryl methyl sites for hydroxylation is 2. The van der Waals surface area contributed by atoms with Crippen LogP contribution in [-0.4, -0.2) is 10.5 Å². The number of fused-ring (bicyclic) bond motifs is 1. The number of benzene rings is 1. The molecule has 0 atom stereocenters. The first-order chi connectivity index (χ1) is 8.61. The van der Waals surface area contributed by atoms with Crippen LogP contribution < -0.4 is 5.32 Å². The van der Waals surface area contributed by atoms with Crippen molar-refractivity contribution in [2.24, 2.45) is 7.05 Å². The number of allylic oxidation sites excluding steroid dienone is 1. The van der Waals surface area contributed by atoms with Crippen LogP contribution in [0.25, 0.3) is 10.9 Å². The minimum Gasteiger partial charge on any atom is -0.348 e. The minimum atomic E-state index is -0.0539. The molecule has 0 saturated carbocycles. The highest BCUT2D eigenvalue weighted by atomic mass is 16.1. The van der Waals surface area contributed by atoms with E-state index in [4.69, 9.17) is 0 Å². The Morgan fingerprint density at radius 3 is 2.89 bits per heavy atom. The van der Waals surface area contributed by atoms with Gasteiger partial charge in [-0.2, -0.15) is 0 Å². The quantitative estimate of drug-likeness (QED) is 0.825. The largest absolute Gasteiger partial charge is 0.348 e. The molecule has 1 amide bonds. The predicted molar refractivity (Wildman–Crippen MR) is 74.3 cm³/mol. The zero-order valence-corrected chi connectivity index (χ0v) is 11.0. The molecule has 0 unspecified atom stereocenters. The van der Waals surface area contributed by atoms with E-state index in [2.05, 4.69) is 48.1 Å². The number of hydrogen-bond acceptors (Lipinski definition) is 1. The van der Waals surface area contributed by atoms with Crippen LogP contribution >= 0.6 is 0 Å². The molecule has 0 bridgehead atoms. The van der Waals surface area contributed by atoms with Crippen molar-refractivity contribution < 1.29 is 4.79 Å². The molecule has 0 fully saturated rings. The van der Waals surface area contributed by atoms with Gasteiger partial charge in [0.15, 0.2) is 0 Å². The van der Waals surface area contributed by atoms with Gasteiger partial charge < -0.3 is 9.88 Å². The molecule has 2 rings (SSSR count). The van der Waals surface area contributed by atoms with Crippen LogP contribution in [0.15, 0.2) is 36.4 Å². The van der Waals surface area contributed by atoms with Crippen molar-refractivity contribution in [3.63, 3.8) is 0 Å². The molecule has 0 saturated heterocycles. The fraction of sp³-hybridized carbons (Fsp3) is 0.267. The number of hydrogen-bond donors (Lipinski definition) is 1. The van der Waals surface area contributed by atoms with E-state index in [1.54, 1.807) is 6.08 Å². The van der Waals surface area contributed by atoms with Crippen molar-refractivity contribution in [1.29, 1.82) is 0 Å². The topological polar surface area (TPSA) is 34.0 Å². The Kier molecular flexibility index (Phi) is 3.51. The Hall–Kier alpha value is -2.03. The number of carbonyl (C=O) groups excluding carboxylic acids is 1. The molecule has 3 nitrogen and oxygen atoms in total. The number of carbonyl (C=O) groups is 1. The van der Waals surface area contributed by atoms with Crippen molar-refractivity contribution in [2.45, 2.75) is 20.4 Å². The molecule has 2 aromatic rings. The summed E-state index contributed by atoms with van der Waals surface area (Å²) >= 11 is 0. The zero-order chi connectivity index (χ0) is 13.1. The Labute approximate surface area is 107 Å². The number of aromatic nitrogens is 1. The standard InChI is InChI=1S/C15H18N2O/c1-4-5-15(18)16-10-12-6-7-14-13(9-12)8-11(2)17(14)3/h4-9H,10H2,1-3H3,(H,16,18). The molecule has 18 heavy (non-hydrogen) atoms. The van der Waals surface area contributed by atoms with Gasteiger partial charge in [-0.05, 0) is 43.7 Å². The van der Waals surface area contributed by atoms with Crippen molar-refractivity contribution in [3.8, 4) is 0 Å². The van der Waals surface area contributed by atoms with E-state index >= 15 is 0 Å². The highest BCUT2D eigenvalue weighted by Gasteiger charge is 2.03. The average Bonchev–Trinajstić information content (AvgIpc) is 2.63. The van der Waals surface area contributed by atoms with Gasteiger partial charge in [0.2, 0.25) is 5.91 Å². The highest BCUT2D eigenvalue weighted by Crippen LogP contribution is 2.19. The third kappa shape index (κ3) is 2.45. The minimum absolute atomic E-state index is 0.0539. The van der Waals surface area contributed by atoms with E-state index in [9.17, 15) is 4.79 Å². The Morgan fingerprint density at radius 1 is 1.39 bits per heavy atom. The van der Waals surface area contributed by atoms with Crippen LogP contribution in [0, 0.1) is 6.92 Å². The third-order valence-corrected chi connectivity index (χ3v) is 3.13. The summed E-state index contributed by atoms with van der Waals surface area (Å²) in [6.07, 6.45) is 3.27. The molecular weight excluding hydrogens is 224 g/mol. The van der Waals surface area contributed by atoms with E-state index in [1.165, 1.54) is 22.7 Å². The molecule has 0 aliphatic heterocycles. The van der Waals surface area contributed by atoms with Gasteiger partial charge in [-0.1, -0.05) is 12.1 Å².